The highest BCUT2D eigenvalue weighted by molar-refractivity contribution is 5.93. The van der Waals surface area contributed by atoms with Gasteiger partial charge in [0.25, 0.3) is 5.91 Å². The number of ether oxygens (including phenoxy) is 1. The minimum Gasteiger partial charge on any atom is -0.480 e. The molecule has 1 aromatic heterocycles. The summed E-state index contributed by atoms with van der Waals surface area (Å²) in [4.78, 5) is 26.7. The molecule has 0 aliphatic carbocycles. The third-order valence-corrected chi connectivity index (χ3v) is 2.44. The number of hydrogen-bond acceptors (Lipinski definition) is 5. The van der Waals surface area contributed by atoms with E-state index in [2.05, 4.69) is 20.5 Å². The van der Waals surface area contributed by atoms with Gasteiger partial charge in [0.05, 0.1) is 0 Å². The van der Waals surface area contributed by atoms with Gasteiger partial charge in [0.1, 0.15) is 11.9 Å². The number of carboxylic acids is 1. The first kappa shape index (κ1) is 15.1. The maximum atomic E-state index is 11.8. The number of aromatic amines is 1. The summed E-state index contributed by atoms with van der Waals surface area (Å²) in [7, 11) is 1.47. The molecule has 1 rings (SSSR count). The van der Waals surface area contributed by atoms with Gasteiger partial charge < -0.3 is 15.2 Å². The topological polar surface area (TPSA) is 117 Å². The Morgan fingerprint density at radius 2 is 2.26 bits per heavy atom. The van der Waals surface area contributed by atoms with Crippen LogP contribution in [-0.4, -0.2) is 51.9 Å². The molecule has 8 heteroatoms. The minimum atomic E-state index is -1.12. The Bertz CT molecular complexity index is 432. The lowest BCUT2D eigenvalue weighted by Crippen LogP contribution is -2.41. The molecule has 0 aromatic carbocycles. The standard InChI is InChI=1S/C11H18N4O4/c1-3-4-8-13-9(15-14-8)10(16)12-7(11(17)18)5-6-19-2/h7H,3-6H2,1-2H3,(H,12,16)(H,17,18)(H,13,14,15). The first-order valence-electron chi connectivity index (χ1n) is 6.02. The summed E-state index contributed by atoms with van der Waals surface area (Å²) in [6.07, 6.45) is 1.75. The predicted molar refractivity (Wildman–Crippen MR) is 65.8 cm³/mol. The van der Waals surface area contributed by atoms with Gasteiger partial charge in [-0.3, -0.25) is 9.89 Å². The monoisotopic (exact) mass is 270 g/mol. The molecule has 1 heterocycles. The second-order valence-corrected chi connectivity index (χ2v) is 4.00. The fourth-order valence-corrected chi connectivity index (χ4v) is 1.46. The number of amides is 1. The molecule has 0 aliphatic heterocycles. The third-order valence-electron chi connectivity index (χ3n) is 2.44. The highest BCUT2D eigenvalue weighted by Crippen LogP contribution is 1.99. The first-order valence-corrected chi connectivity index (χ1v) is 6.02. The van der Waals surface area contributed by atoms with Gasteiger partial charge in [-0.1, -0.05) is 6.92 Å². The van der Waals surface area contributed by atoms with Gasteiger partial charge in [0.2, 0.25) is 5.82 Å². The zero-order chi connectivity index (χ0) is 14.3. The number of aromatic nitrogens is 3. The van der Waals surface area contributed by atoms with Crippen molar-refractivity contribution in [1.82, 2.24) is 20.5 Å². The van der Waals surface area contributed by atoms with Crippen LogP contribution in [0.5, 0.6) is 0 Å². The number of methoxy groups -OCH3 is 1. The Kier molecular flexibility index (Phi) is 5.94. The van der Waals surface area contributed by atoms with Crippen molar-refractivity contribution >= 4 is 11.9 Å². The van der Waals surface area contributed by atoms with Crippen molar-refractivity contribution in [2.45, 2.75) is 32.2 Å². The van der Waals surface area contributed by atoms with Crippen LogP contribution in [0.25, 0.3) is 0 Å². The molecule has 1 aromatic rings. The summed E-state index contributed by atoms with van der Waals surface area (Å²) < 4.78 is 4.79. The second-order valence-electron chi connectivity index (χ2n) is 4.00. The van der Waals surface area contributed by atoms with Gasteiger partial charge in [-0.2, -0.15) is 0 Å². The molecular formula is C11H18N4O4. The van der Waals surface area contributed by atoms with Crippen LogP contribution in [0.3, 0.4) is 0 Å². The number of nitrogens with one attached hydrogen (secondary N) is 2. The zero-order valence-electron chi connectivity index (χ0n) is 11.0. The zero-order valence-corrected chi connectivity index (χ0v) is 11.0. The van der Waals surface area contributed by atoms with Crippen LogP contribution in [0, 0.1) is 0 Å². The second kappa shape index (κ2) is 7.47. The lowest BCUT2D eigenvalue weighted by Gasteiger charge is -2.12. The maximum absolute atomic E-state index is 11.8. The highest BCUT2D eigenvalue weighted by atomic mass is 16.5. The van der Waals surface area contributed by atoms with Gasteiger partial charge in [-0.25, -0.2) is 9.78 Å². The molecule has 1 amide bonds. The number of H-pyrrole nitrogens is 1. The molecule has 106 valence electrons. The van der Waals surface area contributed by atoms with E-state index in [0.717, 1.165) is 6.42 Å². The van der Waals surface area contributed by atoms with Crippen LogP contribution in [0.4, 0.5) is 0 Å². The normalized spacial score (nSPS) is 12.1. The van der Waals surface area contributed by atoms with Gasteiger partial charge in [0.15, 0.2) is 0 Å². The van der Waals surface area contributed by atoms with Crippen LogP contribution >= 0.6 is 0 Å². The number of aryl methyl sites for hydroxylation is 1. The molecule has 0 saturated carbocycles. The Balaban J connectivity index is 2.62. The van der Waals surface area contributed by atoms with Crippen molar-refractivity contribution in [3.8, 4) is 0 Å². The molecule has 0 bridgehead atoms. The number of carbonyl (C=O) groups excluding carboxylic acids is 1. The average molecular weight is 270 g/mol. The molecular weight excluding hydrogens is 252 g/mol. The lowest BCUT2D eigenvalue weighted by atomic mass is 10.2. The summed E-state index contributed by atoms with van der Waals surface area (Å²) in [5, 5.41) is 17.7. The third kappa shape index (κ3) is 4.66. The van der Waals surface area contributed by atoms with E-state index < -0.39 is 17.9 Å². The molecule has 1 atom stereocenters. The van der Waals surface area contributed by atoms with E-state index in [1.54, 1.807) is 0 Å². The molecule has 0 radical (unpaired) electrons. The Labute approximate surface area is 110 Å². The molecule has 19 heavy (non-hydrogen) atoms. The summed E-state index contributed by atoms with van der Waals surface area (Å²) in [5.74, 6) is -1.17. The van der Waals surface area contributed by atoms with Gasteiger partial charge in [-0.15, -0.1) is 5.10 Å². The van der Waals surface area contributed by atoms with Crippen molar-refractivity contribution in [2.24, 2.45) is 0 Å². The summed E-state index contributed by atoms with van der Waals surface area (Å²) in [5.41, 5.74) is 0. The van der Waals surface area contributed by atoms with E-state index in [-0.39, 0.29) is 18.9 Å². The number of carbonyl (C=O) groups is 2. The van der Waals surface area contributed by atoms with Crippen LogP contribution in [-0.2, 0) is 16.0 Å². The summed E-state index contributed by atoms with van der Waals surface area (Å²) >= 11 is 0. The molecule has 8 nitrogen and oxygen atoms in total. The molecule has 3 N–H and O–H groups in total. The van der Waals surface area contributed by atoms with E-state index in [1.807, 2.05) is 6.92 Å². The van der Waals surface area contributed by atoms with E-state index in [9.17, 15) is 9.59 Å². The summed E-state index contributed by atoms with van der Waals surface area (Å²) in [6, 6.07) is -1.01. The van der Waals surface area contributed by atoms with Gasteiger partial charge in [0, 0.05) is 26.6 Å². The molecule has 0 aliphatic rings. The Morgan fingerprint density at radius 1 is 1.53 bits per heavy atom. The molecule has 0 spiro atoms. The van der Waals surface area contributed by atoms with E-state index in [0.29, 0.717) is 12.2 Å². The van der Waals surface area contributed by atoms with E-state index in [4.69, 9.17) is 9.84 Å². The number of rotatable bonds is 8. The number of aliphatic carboxylic acids is 1. The number of carboxylic acid groups (broad SMARTS) is 1. The summed E-state index contributed by atoms with van der Waals surface area (Å²) in [6.45, 7) is 2.22. The number of hydrogen-bond donors (Lipinski definition) is 3. The predicted octanol–water partition coefficient (Wildman–Crippen LogP) is -0.0233. The van der Waals surface area contributed by atoms with Crippen LogP contribution in [0.1, 0.15) is 36.2 Å². The maximum Gasteiger partial charge on any atom is 0.326 e. The number of nitrogens with zero attached hydrogens (tertiary/aromatic N) is 2. The first-order chi connectivity index (χ1) is 9.08. The molecule has 0 fully saturated rings. The Hall–Kier alpha value is -1.96. The van der Waals surface area contributed by atoms with Crippen molar-refractivity contribution in [2.75, 3.05) is 13.7 Å². The van der Waals surface area contributed by atoms with Crippen molar-refractivity contribution < 1.29 is 19.4 Å². The Morgan fingerprint density at radius 3 is 2.84 bits per heavy atom. The van der Waals surface area contributed by atoms with Crippen LogP contribution in [0.15, 0.2) is 0 Å². The average Bonchev–Trinajstić information content (AvgIpc) is 2.83. The minimum absolute atomic E-state index is 0.0490. The van der Waals surface area contributed by atoms with Crippen LogP contribution in [0.2, 0.25) is 0 Å². The van der Waals surface area contributed by atoms with Crippen molar-refractivity contribution in [1.29, 1.82) is 0 Å². The highest BCUT2D eigenvalue weighted by Gasteiger charge is 2.22. The SMILES string of the molecule is CCCc1nc(C(=O)NC(CCOC)C(=O)O)n[nH]1. The largest absolute Gasteiger partial charge is 0.480 e. The van der Waals surface area contributed by atoms with Gasteiger partial charge >= 0.3 is 5.97 Å². The molecule has 1 unspecified atom stereocenters. The fourth-order valence-electron chi connectivity index (χ4n) is 1.46. The van der Waals surface area contributed by atoms with Crippen molar-refractivity contribution in [3.05, 3.63) is 11.6 Å². The van der Waals surface area contributed by atoms with E-state index in [1.165, 1.54) is 7.11 Å². The smallest absolute Gasteiger partial charge is 0.326 e. The quantitative estimate of drug-likeness (QED) is 0.611. The van der Waals surface area contributed by atoms with Gasteiger partial charge in [-0.05, 0) is 6.42 Å². The van der Waals surface area contributed by atoms with Crippen molar-refractivity contribution in [3.63, 3.8) is 0 Å². The lowest BCUT2D eigenvalue weighted by molar-refractivity contribution is -0.139. The van der Waals surface area contributed by atoms with E-state index >= 15 is 0 Å². The fraction of sp³-hybridized carbons (Fsp3) is 0.636. The van der Waals surface area contributed by atoms with Crippen LogP contribution < -0.4 is 5.32 Å². The molecule has 0 saturated heterocycles.